The standard InChI is InChI=1S/C20H20N2O5/c23-18(13-25-19(24)14-6-10-21-11-7-14)22-15-4-5-16-17(12-15)27-20(26-16)8-2-1-3-9-20/h4-7,10-12H,1-3,8-9,13H2,(H,22,23). The molecule has 1 aliphatic carbocycles. The zero-order valence-electron chi connectivity index (χ0n) is 14.8. The lowest BCUT2D eigenvalue weighted by atomic mass is 9.94. The third kappa shape index (κ3) is 3.86. The summed E-state index contributed by atoms with van der Waals surface area (Å²) in [7, 11) is 0. The van der Waals surface area contributed by atoms with Gasteiger partial charge in [-0.2, -0.15) is 0 Å². The van der Waals surface area contributed by atoms with E-state index in [1.54, 1.807) is 18.2 Å². The van der Waals surface area contributed by atoms with Crippen LogP contribution in [0.4, 0.5) is 5.69 Å². The molecule has 0 atom stereocenters. The van der Waals surface area contributed by atoms with Crippen LogP contribution in [0.3, 0.4) is 0 Å². The highest BCUT2D eigenvalue weighted by atomic mass is 16.7. The molecule has 2 heterocycles. The smallest absolute Gasteiger partial charge is 0.338 e. The summed E-state index contributed by atoms with van der Waals surface area (Å²) in [5.74, 6) is -0.229. The highest BCUT2D eigenvalue weighted by Gasteiger charge is 2.42. The van der Waals surface area contributed by atoms with E-state index >= 15 is 0 Å². The molecule has 1 fully saturated rings. The molecule has 1 aromatic heterocycles. The number of amides is 1. The lowest BCUT2D eigenvalue weighted by Crippen LogP contribution is -2.40. The van der Waals surface area contributed by atoms with Crippen LogP contribution in [0.1, 0.15) is 42.5 Å². The summed E-state index contributed by atoms with van der Waals surface area (Å²) in [6.07, 6.45) is 8.08. The number of pyridine rings is 1. The third-order valence-electron chi connectivity index (χ3n) is 4.69. The van der Waals surface area contributed by atoms with Gasteiger partial charge >= 0.3 is 5.97 Å². The molecule has 1 aliphatic heterocycles. The van der Waals surface area contributed by atoms with Crippen LogP contribution < -0.4 is 14.8 Å². The summed E-state index contributed by atoms with van der Waals surface area (Å²) in [5, 5.41) is 2.71. The van der Waals surface area contributed by atoms with E-state index in [1.165, 1.54) is 30.9 Å². The summed E-state index contributed by atoms with van der Waals surface area (Å²) in [4.78, 5) is 27.8. The molecule has 1 amide bonds. The van der Waals surface area contributed by atoms with Crippen molar-refractivity contribution >= 4 is 17.6 Å². The van der Waals surface area contributed by atoms with Gasteiger partial charge in [0.1, 0.15) is 0 Å². The van der Waals surface area contributed by atoms with E-state index in [4.69, 9.17) is 14.2 Å². The van der Waals surface area contributed by atoms with Crippen molar-refractivity contribution < 1.29 is 23.8 Å². The average molecular weight is 368 g/mol. The number of aromatic nitrogens is 1. The maximum Gasteiger partial charge on any atom is 0.338 e. The van der Waals surface area contributed by atoms with Crippen LogP contribution in [-0.2, 0) is 9.53 Å². The number of hydrogen-bond donors (Lipinski definition) is 1. The van der Waals surface area contributed by atoms with E-state index in [1.807, 2.05) is 0 Å². The molecule has 0 unspecified atom stereocenters. The van der Waals surface area contributed by atoms with Gasteiger partial charge in [0.2, 0.25) is 0 Å². The normalized spacial score (nSPS) is 16.7. The molecule has 2 aromatic rings. The molecule has 7 heteroatoms. The third-order valence-corrected chi connectivity index (χ3v) is 4.69. The minimum absolute atomic E-state index is 0.346. The molecule has 1 saturated carbocycles. The second kappa shape index (κ2) is 7.26. The fourth-order valence-electron chi connectivity index (χ4n) is 3.37. The van der Waals surface area contributed by atoms with E-state index < -0.39 is 17.7 Å². The molecule has 27 heavy (non-hydrogen) atoms. The summed E-state index contributed by atoms with van der Waals surface area (Å²) in [5.41, 5.74) is 0.911. The zero-order chi connectivity index (χ0) is 18.7. The number of esters is 1. The quantitative estimate of drug-likeness (QED) is 0.833. The molecule has 0 saturated heterocycles. The Bertz CT molecular complexity index is 847. The SMILES string of the molecule is O=C(COC(=O)c1ccncc1)Nc1ccc2c(c1)OC1(CCCCC1)O2. The largest absolute Gasteiger partial charge is 0.452 e. The van der Waals surface area contributed by atoms with Crippen molar-refractivity contribution in [1.82, 2.24) is 4.98 Å². The monoisotopic (exact) mass is 368 g/mol. The molecule has 140 valence electrons. The first kappa shape index (κ1) is 17.3. The molecule has 0 radical (unpaired) electrons. The Morgan fingerprint density at radius 2 is 1.78 bits per heavy atom. The van der Waals surface area contributed by atoms with Gasteiger partial charge in [-0.25, -0.2) is 4.79 Å². The number of nitrogens with one attached hydrogen (secondary N) is 1. The predicted octanol–water partition coefficient (Wildman–Crippen LogP) is 3.31. The lowest BCUT2D eigenvalue weighted by Gasteiger charge is -2.31. The molecule has 0 bridgehead atoms. The van der Waals surface area contributed by atoms with Gasteiger partial charge in [-0.05, 0) is 37.1 Å². The second-order valence-corrected chi connectivity index (χ2v) is 6.70. The number of rotatable bonds is 4. The van der Waals surface area contributed by atoms with Crippen molar-refractivity contribution in [3.05, 3.63) is 48.3 Å². The van der Waals surface area contributed by atoms with Crippen molar-refractivity contribution in [2.75, 3.05) is 11.9 Å². The van der Waals surface area contributed by atoms with Crippen LogP contribution >= 0.6 is 0 Å². The first-order chi connectivity index (χ1) is 13.1. The topological polar surface area (TPSA) is 86.8 Å². The molecular formula is C20H20N2O5. The fourth-order valence-corrected chi connectivity index (χ4v) is 3.37. The van der Waals surface area contributed by atoms with Gasteiger partial charge in [-0.3, -0.25) is 9.78 Å². The molecule has 1 spiro atoms. The number of hydrogen-bond acceptors (Lipinski definition) is 6. The molecule has 1 aromatic carbocycles. The van der Waals surface area contributed by atoms with Crippen molar-refractivity contribution in [2.45, 2.75) is 37.9 Å². The maximum atomic E-state index is 12.1. The Morgan fingerprint density at radius 3 is 2.56 bits per heavy atom. The number of ether oxygens (including phenoxy) is 3. The van der Waals surface area contributed by atoms with Crippen LogP contribution in [0.2, 0.25) is 0 Å². The van der Waals surface area contributed by atoms with Gasteiger partial charge in [0, 0.05) is 37.0 Å². The van der Waals surface area contributed by atoms with E-state index in [2.05, 4.69) is 10.3 Å². The summed E-state index contributed by atoms with van der Waals surface area (Å²) in [6.45, 7) is -0.375. The van der Waals surface area contributed by atoms with Gasteiger partial charge < -0.3 is 19.5 Å². The van der Waals surface area contributed by atoms with Crippen molar-refractivity contribution in [2.24, 2.45) is 0 Å². The van der Waals surface area contributed by atoms with Gasteiger partial charge in [0.15, 0.2) is 18.1 Å². The van der Waals surface area contributed by atoms with E-state index in [-0.39, 0.29) is 6.61 Å². The Balaban J connectivity index is 1.33. The molecule has 4 rings (SSSR count). The van der Waals surface area contributed by atoms with Crippen LogP contribution in [0, 0.1) is 0 Å². The maximum absolute atomic E-state index is 12.1. The fraction of sp³-hybridized carbons (Fsp3) is 0.350. The van der Waals surface area contributed by atoms with Crippen LogP contribution in [-0.4, -0.2) is 29.3 Å². The zero-order valence-corrected chi connectivity index (χ0v) is 14.8. The molecular weight excluding hydrogens is 348 g/mol. The van der Waals surface area contributed by atoms with Crippen molar-refractivity contribution in [3.63, 3.8) is 0 Å². The Morgan fingerprint density at radius 1 is 1.04 bits per heavy atom. The molecule has 1 N–H and O–H groups in total. The van der Waals surface area contributed by atoms with Gasteiger partial charge in [-0.15, -0.1) is 0 Å². The number of benzene rings is 1. The summed E-state index contributed by atoms with van der Waals surface area (Å²) >= 11 is 0. The summed E-state index contributed by atoms with van der Waals surface area (Å²) in [6, 6.07) is 8.32. The lowest BCUT2D eigenvalue weighted by molar-refractivity contribution is -0.119. The number of anilines is 1. The summed E-state index contributed by atoms with van der Waals surface area (Å²) < 4.78 is 17.1. The first-order valence-corrected chi connectivity index (χ1v) is 9.03. The first-order valence-electron chi connectivity index (χ1n) is 9.03. The van der Waals surface area contributed by atoms with Gasteiger partial charge in [-0.1, -0.05) is 6.42 Å². The minimum atomic E-state index is -0.572. The highest BCUT2D eigenvalue weighted by molar-refractivity contribution is 5.95. The van der Waals surface area contributed by atoms with Crippen molar-refractivity contribution in [3.8, 4) is 11.5 Å². The Kier molecular flexibility index (Phi) is 4.66. The Labute approximate surface area is 156 Å². The van der Waals surface area contributed by atoms with Crippen LogP contribution in [0.25, 0.3) is 0 Å². The van der Waals surface area contributed by atoms with Crippen LogP contribution in [0.15, 0.2) is 42.7 Å². The van der Waals surface area contributed by atoms with E-state index in [0.717, 1.165) is 25.7 Å². The average Bonchev–Trinajstić information content (AvgIpc) is 3.03. The molecule has 7 nitrogen and oxygen atoms in total. The van der Waals surface area contributed by atoms with Gasteiger partial charge in [0.05, 0.1) is 5.56 Å². The number of fused-ring (bicyclic) bond motifs is 1. The number of nitrogens with zero attached hydrogens (tertiary/aromatic N) is 1. The van der Waals surface area contributed by atoms with E-state index in [9.17, 15) is 9.59 Å². The number of carbonyl (C=O) groups excluding carboxylic acids is 2. The Hall–Kier alpha value is -3.09. The minimum Gasteiger partial charge on any atom is -0.452 e. The second-order valence-electron chi connectivity index (χ2n) is 6.70. The van der Waals surface area contributed by atoms with E-state index in [0.29, 0.717) is 22.7 Å². The highest BCUT2D eigenvalue weighted by Crippen LogP contribution is 2.46. The van der Waals surface area contributed by atoms with Crippen LogP contribution in [0.5, 0.6) is 11.5 Å². The van der Waals surface area contributed by atoms with Crippen molar-refractivity contribution in [1.29, 1.82) is 0 Å². The number of carbonyl (C=O) groups is 2. The predicted molar refractivity (Wildman–Crippen MR) is 96.7 cm³/mol. The van der Waals surface area contributed by atoms with Gasteiger partial charge in [0.25, 0.3) is 11.7 Å². The molecule has 2 aliphatic rings.